The molecule has 1 aromatic carbocycles. The molecule has 6 heteroatoms. The van der Waals surface area contributed by atoms with Crippen LogP contribution in [0.15, 0.2) is 30.0 Å². The Labute approximate surface area is 129 Å². The molecule has 1 aromatic rings. The number of carbonyl (C=O) groups excluding carboxylic acids is 2. The molecule has 0 spiro atoms. The Morgan fingerprint density at radius 3 is 2.59 bits per heavy atom. The van der Waals surface area contributed by atoms with Crippen molar-refractivity contribution in [3.05, 3.63) is 35.5 Å². The van der Waals surface area contributed by atoms with Gasteiger partial charge in [0.1, 0.15) is 6.07 Å². The van der Waals surface area contributed by atoms with Crippen molar-refractivity contribution in [1.29, 1.82) is 5.26 Å². The van der Waals surface area contributed by atoms with E-state index in [2.05, 4.69) is 10.6 Å². The molecule has 0 unspecified atom stereocenters. The van der Waals surface area contributed by atoms with E-state index in [-0.39, 0.29) is 18.1 Å². The van der Waals surface area contributed by atoms with E-state index in [4.69, 9.17) is 10.00 Å². The summed E-state index contributed by atoms with van der Waals surface area (Å²) in [4.78, 5) is 23.0. The molecule has 0 atom stereocenters. The van der Waals surface area contributed by atoms with Gasteiger partial charge in [0.15, 0.2) is 5.57 Å². The lowest BCUT2D eigenvalue weighted by Crippen LogP contribution is -2.11. The third-order valence-corrected chi connectivity index (χ3v) is 2.92. The second-order valence-corrected chi connectivity index (χ2v) is 4.41. The largest absolute Gasteiger partial charge is 0.462 e. The smallest absolute Gasteiger partial charge is 0.350 e. The topological polar surface area (TPSA) is 91.2 Å². The van der Waals surface area contributed by atoms with Gasteiger partial charge in [-0.1, -0.05) is 13.0 Å². The van der Waals surface area contributed by atoms with Crippen molar-refractivity contribution in [2.75, 3.05) is 17.2 Å². The highest BCUT2D eigenvalue weighted by molar-refractivity contribution is 5.94. The summed E-state index contributed by atoms with van der Waals surface area (Å²) in [5, 5.41) is 14.6. The number of rotatable bonds is 6. The quantitative estimate of drug-likeness (QED) is 0.479. The highest BCUT2D eigenvalue weighted by atomic mass is 16.5. The van der Waals surface area contributed by atoms with Gasteiger partial charge in [0.25, 0.3) is 0 Å². The molecule has 0 aliphatic carbocycles. The summed E-state index contributed by atoms with van der Waals surface area (Å²) in [7, 11) is 0. The van der Waals surface area contributed by atoms with Gasteiger partial charge in [-0.25, -0.2) is 4.79 Å². The minimum Gasteiger partial charge on any atom is -0.462 e. The molecule has 1 amide bonds. The average Bonchev–Trinajstić information content (AvgIpc) is 2.51. The van der Waals surface area contributed by atoms with E-state index in [0.717, 1.165) is 5.56 Å². The van der Waals surface area contributed by atoms with Gasteiger partial charge < -0.3 is 15.4 Å². The van der Waals surface area contributed by atoms with Gasteiger partial charge in [-0.2, -0.15) is 5.26 Å². The summed E-state index contributed by atoms with van der Waals surface area (Å²) in [6.07, 6.45) is 1.68. The highest BCUT2D eigenvalue weighted by Crippen LogP contribution is 2.23. The van der Waals surface area contributed by atoms with Crippen LogP contribution in [0.3, 0.4) is 0 Å². The van der Waals surface area contributed by atoms with Gasteiger partial charge >= 0.3 is 5.97 Å². The Bertz CT molecular complexity index is 630. The van der Waals surface area contributed by atoms with Crippen LogP contribution in [0.1, 0.15) is 25.8 Å². The number of anilines is 2. The summed E-state index contributed by atoms with van der Waals surface area (Å²) >= 11 is 0. The van der Waals surface area contributed by atoms with Gasteiger partial charge in [0, 0.05) is 24.0 Å². The second kappa shape index (κ2) is 8.47. The van der Waals surface area contributed by atoms with Crippen molar-refractivity contribution in [1.82, 2.24) is 0 Å². The first-order valence-corrected chi connectivity index (χ1v) is 6.96. The van der Waals surface area contributed by atoms with Crippen LogP contribution < -0.4 is 10.6 Å². The lowest BCUT2D eigenvalue weighted by molar-refractivity contribution is -0.138. The molecule has 2 N–H and O–H groups in total. The number of hydrogen-bond donors (Lipinski definition) is 2. The molecule has 0 heterocycles. The molecular formula is C16H19N3O3. The standard InChI is InChI=1S/C16H19N3O3/c1-4-15(20)19-14-8-6-7-13(11(14)3)18-10-12(9-17)16(21)22-5-2/h6-8,10,18H,4-5H2,1-3H3,(H,19,20)/b12-10-. The van der Waals surface area contributed by atoms with Crippen LogP contribution in [0.2, 0.25) is 0 Å². The molecule has 0 aliphatic rings. The van der Waals surface area contributed by atoms with E-state index in [9.17, 15) is 9.59 Å². The Kier molecular flexibility index (Phi) is 6.64. The summed E-state index contributed by atoms with van der Waals surface area (Å²) in [6, 6.07) is 7.13. The normalized spacial score (nSPS) is 10.5. The monoisotopic (exact) mass is 301 g/mol. The minimum absolute atomic E-state index is 0.0833. The average molecular weight is 301 g/mol. The van der Waals surface area contributed by atoms with Gasteiger partial charge in [-0.05, 0) is 31.5 Å². The molecule has 22 heavy (non-hydrogen) atoms. The summed E-state index contributed by atoms with van der Waals surface area (Å²) in [5.41, 5.74) is 2.05. The number of nitrogens with zero attached hydrogens (tertiary/aromatic N) is 1. The van der Waals surface area contributed by atoms with Crippen molar-refractivity contribution in [2.45, 2.75) is 27.2 Å². The maximum absolute atomic E-state index is 11.5. The third kappa shape index (κ3) is 4.63. The van der Waals surface area contributed by atoms with Crippen LogP contribution in [0, 0.1) is 18.3 Å². The van der Waals surface area contributed by atoms with Gasteiger partial charge in [-0.3, -0.25) is 4.79 Å². The summed E-state index contributed by atoms with van der Waals surface area (Å²) in [6.45, 7) is 5.48. The fraction of sp³-hybridized carbons (Fsp3) is 0.312. The second-order valence-electron chi connectivity index (χ2n) is 4.41. The Morgan fingerprint density at radius 2 is 2.00 bits per heavy atom. The van der Waals surface area contributed by atoms with Gasteiger partial charge in [0.2, 0.25) is 5.91 Å². The van der Waals surface area contributed by atoms with Gasteiger partial charge in [-0.15, -0.1) is 0 Å². The van der Waals surface area contributed by atoms with Crippen molar-refractivity contribution in [3.8, 4) is 6.07 Å². The Morgan fingerprint density at radius 1 is 1.32 bits per heavy atom. The van der Waals surface area contributed by atoms with Crippen LogP contribution in [-0.4, -0.2) is 18.5 Å². The molecule has 116 valence electrons. The number of nitrogens with one attached hydrogen (secondary N) is 2. The molecule has 0 saturated carbocycles. The fourth-order valence-electron chi connectivity index (χ4n) is 1.66. The molecular weight excluding hydrogens is 282 g/mol. The zero-order chi connectivity index (χ0) is 16.5. The molecule has 0 saturated heterocycles. The van der Waals surface area contributed by atoms with Gasteiger partial charge in [0.05, 0.1) is 6.61 Å². The summed E-state index contributed by atoms with van der Waals surface area (Å²) in [5.74, 6) is -0.759. The molecule has 1 rings (SSSR count). The minimum atomic E-state index is -0.675. The molecule has 0 aliphatic heterocycles. The number of hydrogen-bond acceptors (Lipinski definition) is 5. The highest BCUT2D eigenvalue weighted by Gasteiger charge is 2.10. The molecule has 0 aromatic heterocycles. The number of carbonyl (C=O) groups is 2. The first-order chi connectivity index (χ1) is 10.5. The number of benzene rings is 1. The number of ether oxygens (including phenoxy) is 1. The van der Waals surface area contributed by atoms with E-state index in [0.29, 0.717) is 17.8 Å². The maximum Gasteiger partial charge on any atom is 0.350 e. The van der Waals surface area contributed by atoms with Crippen LogP contribution in [-0.2, 0) is 14.3 Å². The fourth-order valence-corrected chi connectivity index (χ4v) is 1.66. The van der Waals surface area contributed by atoms with E-state index in [1.165, 1.54) is 6.20 Å². The lowest BCUT2D eigenvalue weighted by Gasteiger charge is -2.12. The first kappa shape index (κ1) is 17.2. The van der Waals surface area contributed by atoms with E-state index < -0.39 is 5.97 Å². The molecule has 0 fully saturated rings. The SMILES string of the molecule is CCOC(=O)/C(C#N)=C\Nc1cccc(NC(=O)CC)c1C. The van der Waals surface area contributed by atoms with E-state index >= 15 is 0 Å². The zero-order valence-corrected chi connectivity index (χ0v) is 12.9. The predicted octanol–water partition coefficient (Wildman–Crippen LogP) is 2.73. The lowest BCUT2D eigenvalue weighted by atomic mass is 10.1. The van der Waals surface area contributed by atoms with Crippen molar-refractivity contribution < 1.29 is 14.3 Å². The maximum atomic E-state index is 11.5. The third-order valence-electron chi connectivity index (χ3n) is 2.92. The number of amides is 1. The number of nitriles is 1. The van der Waals surface area contributed by atoms with Crippen LogP contribution in [0.25, 0.3) is 0 Å². The molecule has 6 nitrogen and oxygen atoms in total. The number of esters is 1. The Hall–Kier alpha value is -2.81. The molecule has 0 bridgehead atoms. The Balaban J connectivity index is 2.94. The van der Waals surface area contributed by atoms with E-state index in [1.807, 2.05) is 6.92 Å². The van der Waals surface area contributed by atoms with Crippen molar-refractivity contribution in [3.63, 3.8) is 0 Å². The van der Waals surface area contributed by atoms with Crippen LogP contribution in [0.5, 0.6) is 0 Å². The van der Waals surface area contributed by atoms with Crippen LogP contribution in [0.4, 0.5) is 11.4 Å². The zero-order valence-electron chi connectivity index (χ0n) is 12.9. The first-order valence-electron chi connectivity index (χ1n) is 6.96. The van der Waals surface area contributed by atoms with Crippen LogP contribution >= 0.6 is 0 Å². The summed E-state index contributed by atoms with van der Waals surface area (Å²) < 4.78 is 4.78. The van der Waals surface area contributed by atoms with E-state index in [1.54, 1.807) is 38.1 Å². The predicted molar refractivity (Wildman–Crippen MR) is 84.1 cm³/mol. The van der Waals surface area contributed by atoms with Crippen molar-refractivity contribution in [2.24, 2.45) is 0 Å². The molecule has 0 radical (unpaired) electrons. The van der Waals surface area contributed by atoms with Crippen molar-refractivity contribution >= 4 is 23.3 Å².